The summed E-state index contributed by atoms with van der Waals surface area (Å²) < 4.78 is 5.20. The van der Waals surface area contributed by atoms with Gasteiger partial charge in [-0.25, -0.2) is 9.78 Å². The number of carboxylic acids is 1. The summed E-state index contributed by atoms with van der Waals surface area (Å²) in [4.78, 5) is 15.3. The second-order valence-electron chi connectivity index (χ2n) is 3.87. The highest BCUT2D eigenvalue weighted by atomic mass is 16.5. The number of nitrogens with zero attached hydrogens (tertiary/aromatic N) is 1. The third-order valence-corrected chi connectivity index (χ3v) is 2.97. The number of benzene rings is 1. The van der Waals surface area contributed by atoms with Crippen molar-refractivity contribution in [2.24, 2.45) is 0 Å². The van der Waals surface area contributed by atoms with Crippen LogP contribution in [0.1, 0.15) is 21.6 Å². The van der Waals surface area contributed by atoms with Gasteiger partial charge < -0.3 is 9.84 Å². The Balaban J connectivity index is 2.91. The van der Waals surface area contributed by atoms with Crippen molar-refractivity contribution in [3.05, 3.63) is 35.0 Å². The Morgan fingerprint density at radius 2 is 2.00 bits per heavy atom. The normalized spacial score (nSPS) is 10.5. The molecular formula is C13H13NO3. The van der Waals surface area contributed by atoms with Crippen LogP contribution in [0.4, 0.5) is 0 Å². The Morgan fingerprint density at radius 3 is 2.59 bits per heavy atom. The van der Waals surface area contributed by atoms with Gasteiger partial charge in [-0.2, -0.15) is 0 Å². The van der Waals surface area contributed by atoms with Gasteiger partial charge in [-0.15, -0.1) is 0 Å². The number of aromatic carboxylic acids is 1. The first kappa shape index (κ1) is 11.4. The van der Waals surface area contributed by atoms with E-state index in [1.807, 2.05) is 19.1 Å². The van der Waals surface area contributed by atoms with E-state index in [4.69, 9.17) is 9.84 Å². The molecule has 0 saturated heterocycles. The standard InChI is InChI=1S/C13H13NO3/c1-7-8(2)11(13(15)16)14-12-9(7)5-4-6-10(12)17-3/h4-6H,1-3H3,(H,15,16). The van der Waals surface area contributed by atoms with Crippen LogP contribution >= 0.6 is 0 Å². The first-order valence-electron chi connectivity index (χ1n) is 5.23. The molecule has 1 aromatic heterocycles. The van der Waals surface area contributed by atoms with E-state index in [9.17, 15) is 4.79 Å². The number of carbonyl (C=O) groups is 1. The number of rotatable bonds is 2. The molecule has 17 heavy (non-hydrogen) atoms. The van der Waals surface area contributed by atoms with Crippen molar-refractivity contribution in [3.8, 4) is 5.75 Å². The predicted octanol–water partition coefficient (Wildman–Crippen LogP) is 2.56. The third kappa shape index (κ3) is 1.71. The van der Waals surface area contributed by atoms with Gasteiger partial charge in [0.1, 0.15) is 11.3 Å². The van der Waals surface area contributed by atoms with Gasteiger partial charge in [0.05, 0.1) is 7.11 Å². The van der Waals surface area contributed by atoms with E-state index in [-0.39, 0.29) is 5.69 Å². The summed E-state index contributed by atoms with van der Waals surface area (Å²) in [6.07, 6.45) is 0. The first-order valence-corrected chi connectivity index (χ1v) is 5.23. The molecule has 4 heteroatoms. The molecule has 2 aromatic rings. The number of fused-ring (bicyclic) bond motifs is 1. The monoisotopic (exact) mass is 231 g/mol. The minimum atomic E-state index is -1.02. The highest BCUT2D eigenvalue weighted by Gasteiger charge is 2.15. The number of aryl methyl sites for hydroxylation is 1. The quantitative estimate of drug-likeness (QED) is 0.862. The van der Waals surface area contributed by atoms with Gasteiger partial charge in [-0.3, -0.25) is 0 Å². The lowest BCUT2D eigenvalue weighted by molar-refractivity contribution is 0.0690. The molecule has 4 nitrogen and oxygen atoms in total. The maximum atomic E-state index is 11.1. The molecular weight excluding hydrogens is 218 g/mol. The molecule has 88 valence electrons. The van der Waals surface area contributed by atoms with E-state index in [1.54, 1.807) is 20.1 Å². The number of aromatic nitrogens is 1. The van der Waals surface area contributed by atoms with Gasteiger partial charge in [0, 0.05) is 5.39 Å². The molecule has 0 unspecified atom stereocenters. The Bertz CT molecular complexity index is 605. The van der Waals surface area contributed by atoms with Crippen LogP contribution in [0.2, 0.25) is 0 Å². The average Bonchev–Trinajstić information content (AvgIpc) is 2.32. The molecule has 0 radical (unpaired) electrons. The summed E-state index contributed by atoms with van der Waals surface area (Å²) in [6.45, 7) is 3.66. The Hall–Kier alpha value is -2.10. The molecule has 0 fully saturated rings. The fourth-order valence-electron chi connectivity index (χ4n) is 1.89. The summed E-state index contributed by atoms with van der Waals surface area (Å²) in [6, 6.07) is 5.56. The van der Waals surface area contributed by atoms with E-state index < -0.39 is 5.97 Å². The van der Waals surface area contributed by atoms with E-state index >= 15 is 0 Å². The molecule has 0 bridgehead atoms. The number of para-hydroxylation sites is 1. The molecule has 1 N–H and O–H groups in total. The van der Waals surface area contributed by atoms with Crippen molar-refractivity contribution in [3.63, 3.8) is 0 Å². The van der Waals surface area contributed by atoms with E-state index in [0.29, 0.717) is 16.8 Å². The lowest BCUT2D eigenvalue weighted by atomic mass is 10.0. The van der Waals surface area contributed by atoms with Crippen molar-refractivity contribution >= 4 is 16.9 Å². The zero-order valence-corrected chi connectivity index (χ0v) is 9.94. The van der Waals surface area contributed by atoms with Crippen molar-refractivity contribution in [1.82, 2.24) is 4.98 Å². The van der Waals surface area contributed by atoms with Crippen molar-refractivity contribution in [2.45, 2.75) is 13.8 Å². The van der Waals surface area contributed by atoms with E-state index in [0.717, 1.165) is 10.9 Å². The highest BCUT2D eigenvalue weighted by molar-refractivity contribution is 5.95. The molecule has 0 amide bonds. The maximum absolute atomic E-state index is 11.1. The van der Waals surface area contributed by atoms with E-state index in [1.165, 1.54) is 0 Å². The molecule has 2 rings (SSSR count). The number of hydrogen-bond acceptors (Lipinski definition) is 3. The van der Waals surface area contributed by atoms with Crippen LogP contribution in [-0.2, 0) is 0 Å². The van der Waals surface area contributed by atoms with Gasteiger partial charge >= 0.3 is 5.97 Å². The van der Waals surface area contributed by atoms with Gasteiger partial charge in [0.2, 0.25) is 0 Å². The molecule has 0 aliphatic heterocycles. The molecule has 0 atom stereocenters. The molecule has 1 aromatic carbocycles. The maximum Gasteiger partial charge on any atom is 0.354 e. The minimum absolute atomic E-state index is 0.0829. The molecule has 0 aliphatic carbocycles. The van der Waals surface area contributed by atoms with Crippen LogP contribution in [0.5, 0.6) is 5.75 Å². The number of methoxy groups -OCH3 is 1. The number of pyridine rings is 1. The van der Waals surface area contributed by atoms with Crippen molar-refractivity contribution < 1.29 is 14.6 Å². The molecule has 0 aliphatic rings. The second kappa shape index (κ2) is 4.05. The van der Waals surface area contributed by atoms with Gasteiger partial charge in [-0.05, 0) is 31.0 Å². The first-order chi connectivity index (χ1) is 8.06. The average molecular weight is 231 g/mol. The summed E-state index contributed by atoms with van der Waals surface area (Å²) in [7, 11) is 1.55. The van der Waals surface area contributed by atoms with Crippen LogP contribution < -0.4 is 4.74 Å². The Morgan fingerprint density at radius 1 is 1.29 bits per heavy atom. The van der Waals surface area contributed by atoms with Crippen LogP contribution in [0.25, 0.3) is 10.9 Å². The minimum Gasteiger partial charge on any atom is -0.494 e. The summed E-state index contributed by atoms with van der Waals surface area (Å²) in [5.74, 6) is -0.425. The van der Waals surface area contributed by atoms with Gasteiger partial charge in [0.15, 0.2) is 5.69 Å². The van der Waals surface area contributed by atoms with Gasteiger partial charge in [-0.1, -0.05) is 12.1 Å². The lowest BCUT2D eigenvalue weighted by Crippen LogP contribution is -2.06. The SMILES string of the molecule is COc1cccc2c(C)c(C)c(C(=O)O)nc12. The van der Waals surface area contributed by atoms with Crippen LogP contribution in [0.15, 0.2) is 18.2 Å². The zero-order valence-electron chi connectivity index (χ0n) is 9.94. The topological polar surface area (TPSA) is 59.4 Å². The fraction of sp³-hybridized carbons (Fsp3) is 0.231. The van der Waals surface area contributed by atoms with Crippen molar-refractivity contribution in [2.75, 3.05) is 7.11 Å². The fourth-order valence-corrected chi connectivity index (χ4v) is 1.89. The number of ether oxygens (including phenoxy) is 1. The molecule has 0 saturated carbocycles. The predicted molar refractivity (Wildman–Crippen MR) is 64.7 cm³/mol. The summed E-state index contributed by atoms with van der Waals surface area (Å²) >= 11 is 0. The van der Waals surface area contributed by atoms with Crippen molar-refractivity contribution in [1.29, 1.82) is 0 Å². The number of carboxylic acid groups (broad SMARTS) is 1. The zero-order chi connectivity index (χ0) is 12.6. The van der Waals surface area contributed by atoms with Crippen LogP contribution in [-0.4, -0.2) is 23.2 Å². The number of hydrogen-bond donors (Lipinski definition) is 1. The molecule has 1 heterocycles. The Kier molecular flexibility index (Phi) is 2.71. The van der Waals surface area contributed by atoms with Gasteiger partial charge in [0.25, 0.3) is 0 Å². The lowest BCUT2D eigenvalue weighted by Gasteiger charge is -2.11. The third-order valence-electron chi connectivity index (χ3n) is 2.97. The summed E-state index contributed by atoms with van der Waals surface area (Å²) in [5.41, 5.74) is 2.29. The Labute approximate surface area is 98.9 Å². The molecule has 0 spiro atoms. The highest BCUT2D eigenvalue weighted by Crippen LogP contribution is 2.28. The summed E-state index contributed by atoms with van der Waals surface area (Å²) in [5, 5.41) is 10.0. The second-order valence-corrected chi connectivity index (χ2v) is 3.87. The smallest absolute Gasteiger partial charge is 0.354 e. The van der Waals surface area contributed by atoms with E-state index in [2.05, 4.69) is 4.98 Å². The van der Waals surface area contributed by atoms with Crippen LogP contribution in [0, 0.1) is 13.8 Å². The van der Waals surface area contributed by atoms with Crippen LogP contribution in [0.3, 0.4) is 0 Å². The largest absolute Gasteiger partial charge is 0.494 e.